The van der Waals surface area contributed by atoms with Crippen molar-refractivity contribution in [2.75, 3.05) is 11.5 Å². The van der Waals surface area contributed by atoms with Gasteiger partial charge in [-0.2, -0.15) is 0 Å². The van der Waals surface area contributed by atoms with Crippen LogP contribution in [-0.2, 0) is 9.84 Å². The van der Waals surface area contributed by atoms with Crippen molar-refractivity contribution in [3.05, 3.63) is 41.3 Å². The quantitative estimate of drug-likeness (QED) is 0.709. The van der Waals surface area contributed by atoms with Crippen LogP contribution in [0.2, 0.25) is 0 Å². The Morgan fingerprint density at radius 3 is 2.36 bits per heavy atom. The van der Waals surface area contributed by atoms with E-state index in [0.717, 1.165) is 5.56 Å². The second-order valence-corrected chi connectivity index (χ2v) is 5.36. The Balaban J connectivity index is 2.27. The Hall–Kier alpha value is -1.29. The summed E-state index contributed by atoms with van der Waals surface area (Å²) in [5.74, 6) is 0.164. The average molecular weight is 209 g/mol. The highest BCUT2D eigenvalue weighted by molar-refractivity contribution is 7.94. The molecule has 0 aliphatic carbocycles. The summed E-state index contributed by atoms with van der Waals surface area (Å²) in [5.41, 5.74) is 7.23. The van der Waals surface area contributed by atoms with Gasteiger partial charge in [0.2, 0.25) is 0 Å². The molecule has 0 unspecified atom stereocenters. The van der Waals surface area contributed by atoms with E-state index in [2.05, 4.69) is 0 Å². The Morgan fingerprint density at radius 1 is 1.21 bits per heavy atom. The zero-order valence-corrected chi connectivity index (χ0v) is 8.37. The number of hydrogen-bond acceptors (Lipinski definition) is 3. The second kappa shape index (κ2) is 3.13. The normalized spacial score (nSPS) is 23.9. The molecule has 1 aliphatic heterocycles. The van der Waals surface area contributed by atoms with Crippen molar-refractivity contribution in [3.8, 4) is 0 Å². The fourth-order valence-corrected chi connectivity index (χ4v) is 2.87. The Morgan fingerprint density at radius 2 is 1.86 bits per heavy atom. The number of hydrogen-bond donors (Lipinski definition) is 1. The SMILES string of the molecule is Nc1ccc([C@@H]2C=CS(=O)(=O)C2)cc1. The molecule has 0 spiro atoms. The lowest BCUT2D eigenvalue weighted by atomic mass is 10.0. The molecule has 0 saturated carbocycles. The molecule has 4 heteroatoms. The first-order chi connectivity index (χ1) is 6.57. The summed E-state index contributed by atoms with van der Waals surface area (Å²) in [4.78, 5) is 0. The Bertz CT molecular complexity index is 459. The third-order valence-corrected chi connectivity index (χ3v) is 3.69. The molecular weight excluding hydrogens is 198 g/mol. The first kappa shape index (κ1) is 9.27. The molecule has 0 aromatic heterocycles. The van der Waals surface area contributed by atoms with E-state index in [4.69, 9.17) is 5.73 Å². The molecule has 14 heavy (non-hydrogen) atoms. The zero-order chi connectivity index (χ0) is 10.2. The van der Waals surface area contributed by atoms with E-state index in [1.807, 2.05) is 12.1 Å². The van der Waals surface area contributed by atoms with Gasteiger partial charge in [-0.05, 0) is 17.7 Å². The molecule has 2 rings (SSSR count). The molecule has 0 saturated heterocycles. The van der Waals surface area contributed by atoms with Crippen LogP contribution in [0.25, 0.3) is 0 Å². The van der Waals surface area contributed by atoms with Gasteiger partial charge in [-0.1, -0.05) is 18.2 Å². The van der Waals surface area contributed by atoms with Crippen molar-refractivity contribution in [1.82, 2.24) is 0 Å². The molecule has 0 fully saturated rings. The molecule has 0 amide bonds. The summed E-state index contributed by atoms with van der Waals surface area (Å²) in [7, 11) is -2.97. The van der Waals surface area contributed by atoms with Crippen molar-refractivity contribution in [2.45, 2.75) is 5.92 Å². The summed E-state index contributed by atoms with van der Waals surface area (Å²) < 4.78 is 22.3. The lowest BCUT2D eigenvalue weighted by Crippen LogP contribution is -2.03. The van der Waals surface area contributed by atoms with Crippen LogP contribution in [0.3, 0.4) is 0 Å². The number of anilines is 1. The highest BCUT2D eigenvalue weighted by atomic mass is 32.2. The third kappa shape index (κ3) is 1.80. The van der Waals surface area contributed by atoms with Gasteiger partial charge in [-0.3, -0.25) is 0 Å². The van der Waals surface area contributed by atoms with Gasteiger partial charge in [0.25, 0.3) is 0 Å². The largest absolute Gasteiger partial charge is 0.399 e. The highest BCUT2D eigenvalue weighted by Crippen LogP contribution is 2.26. The number of rotatable bonds is 1. The third-order valence-electron chi connectivity index (χ3n) is 2.29. The van der Waals surface area contributed by atoms with Gasteiger partial charge < -0.3 is 5.73 Å². The number of benzene rings is 1. The topological polar surface area (TPSA) is 60.2 Å². The van der Waals surface area contributed by atoms with E-state index >= 15 is 0 Å². The van der Waals surface area contributed by atoms with Gasteiger partial charge >= 0.3 is 0 Å². The molecule has 1 heterocycles. The minimum atomic E-state index is -2.97. The lowest BCUT2D eigenvalue weighted by molar-refractivity contribution is 0.604. The van der Waals surface area contributed by atoms with Gasteiger partial charge in [0.15, 0.2) is 9.84 Å². The fourth-order valence-electron chi connectivity index (χ4n) is 1.53. The van der Waals surface area contributed by atoms with Crippen LogP contribution in [0.15, 0.2) is 35.7 Å². The molecular formula is C10H11NO2S. The van der Waals surface area contributed by atoms with Crippen LogP contribution >= 0.6 is 0 Å². The van der Waals surface area contributed by atoms with E-state index in [0.29, 0.717) is 5.69 Å². The van der Waals surface area contributed by atoms with Crippen molar-refractivity contribution in [3.63, 3.8) is 0 Å². The number of sulfone groups is 1. The predicted molar refractivity (Wildman–Crippen MR) is 56.5 cm³/mol. The monoisotopic (exact) mass is 209 g/mol. The zero-order valence-electron chi connectivity index (χ0n) is 7.55. The standard InChI is InChI=1S/C10H11NO2S/c11-10-3-1-8(2-4-10)9-5-6-14(12,13)7-9/h1-6,9H,7,11H2/t9-/m1/s1. The van der Waals surface area contributed by atoms with E-state index in [1.165, 1.54) is 5.41 Å². The van der Waals surface area contributed by atoms with Crippen molar-refractivity contribution in [2.24, 2.45) is 0 Å². The lowest BCUT2D eigenvalue weighted by Gasteiger charge is -2.06. The minimum absolute atomic E-state index is 0.0133. The van der Waals surface area contributed by atoms with Gasteiger partial charge in [0.05, 0.1) is 5.75 Å². The predicted octanol–water partition coefficient (Wildman–Crippen LogP) is 1.29. The maximum absolute atomic E-state index is 11.2. The van der Waals surface area contributed by atoms with Crippen LogP contribution < -0.4 is 5.73 Å². The van der Waals surface area contributed by atoms with Crippen molar-refractivity contribution >= 4 is 15.5 Å². The van der Waals surface area contributed by atoms with Crippen LogP contribution in [0, 0.1) is 0 Å². The molecule has 1 aliphatic rings. The Labute approximate surface area is 83.2 Å². The van der Waals surface area contributed by atoms with E-state index in [9.17, 15) is 8.42 Å². The highest BCUT2D eigenvalue weighted by Gasteiger charge is 2.22. The van der Waals surface area contributed by atoms with Crippen LogP contribution in [0.1, 0.15) is 11.5 Å². The summed E-state index contributed by atoms with van der Waals surface area (Å²) in [6.07, 6.45) is 1.72. The molecule has 0 radical (unpaired) electrons. The van der Waals surface area contributed by atoms with E-state index < -0.39 is 9.84 Å². The minimum Gasteiger partial charge on any atom is -0.399 e. The maximum atomic E-state index is 11.2. The molecule has 3 nitrogen and oxygen atoms in total. The van der Waals surface area contributed by atoms with Crippen LogP contribution in [-0.4, -0.2) is 14.2 Å². The molecule has 74 valence electrons. The van der Waals surface area contributed by atoms with Crippen LogP contribution in [0.4, 0.5) is 5.69 Å². The molecule has 1 atom stereocenters. The molecule has 1 aromatic carbocycles. The summed E-state index contributed by atoms with van der Waals surface area (Å²) in [6.45, 7) is 0. The number of nitrogen functional groups attached to an aromatic ring is 1. The summed E-state index contributed by atoms with van der Waals surface area (Å²) >= 11 is 0. The van der Waals surface area contributed by atoms with Crippen LogP contribution in [0.5, 0.6) is 0 Å². The second-order valence-electron chi connectivity index (χ2n) is 3.43. The molecule has 0 bridgehead atoms. The maximum Gasteiger partial charge on any atom is 0.172 e. The van der Waals surface area contributed by atoms with Crippen molar-refractivity contribution < 1.29 is 8.42 Å². The first-order valence-electron chi connectivity index (χ1n) is 4.33. The first-order valence-corrected chi connectivity index (χ1v) is 6.05. The average Bonchev–Trinajstić information content (AvgIpc) is 2.47. The Kier molecular flexibility index (Phi) is 2.07. The number of nitrogens with two attached hydrogens (primary N) is 1. The van der Waals surface area contributed by atoms with Gasteiger partial charge in [-0.15, -0.1) is 0 Å². The van der Waals surface area contributed by atoms with E-state index in [-0.39, 0.29) is 11.7 Å². The van der Waals surface area contributed by atoms with Gasteiger partial charge in [0, 0.05) is 17.0 Å². The number of allylic oxidation sites excluding steroid dienone is 1. The smallest absolute Gasteiger partial charge is 0.172 e. The molecule has 1 aromatic rings. The molecule has 2 N–H and O–H groups in total. The van der Waals surface area contributed by atoms with Crippen molar-refractivity contribution in [1.29, 1.82) is 0 Å². The van der Waals surface area contributed by atoms with Gasteiger partial charge in [0.1, 0.15) is 0 Å². The fraction of sp³-hybridized carbons (Fsp3) is 0.200. The van der Waals surface area contributed by atoms with E-state index in [1.54, 1.807) is 18.2 Å². The summed E-state index contributed by atoms with van der Waals surface area (Å²) in [5, 5.41) is 1.29. The van der Waals surface area contributed by atoms with Gasteiger partial charge in [-0.25, -0.2) is 8.42 Å². The summed E-state index contributed by atoms with van der Waals surface area (Å²) in [6, 6.07) is 7.30.